The van der Waals surface area contributed by atoms with Gasteiger partial charge in [0.05, 0.1) is 6.20 Å². The number of aryl methyl sites for hydroxylation is 1. The Morgan fingerprint density at radius 3 is 2.40 bits per heavy atom. The summed E-state index contributed by atoms with van der Waals surface area (Å²) in [7, 11) is 0. The van der Waals surface area contributed by atoms with Crippen LogP contribution in [0.4, 0.5) is 0 Å². The summed E-state index contributed by atoms with van der Waals surface area (Å²) < 4.78 is 5.90. The van der Waals surface area contributed by atoms with E-state index in [1.165, 1.54) is 5.56 Å². The molecule has 0 unspecified atom stereocenters. The standard InChI is InChI=1S/C16H17N3O/c1-11-3-5-13(6-4-11)16(12(2)18)20-15-8-7-14(9-17)19-10-15/h3-8,10,12,16H,18H2,1-2H3/t12-,16-/m0/s1. The van der Waals surface area contributed by atoms with E-state index in [0.717, 1.165) is 5.56 Å². The zero-order valence-corrected chi connectivity index (χ0v) is 11.6. The second-order valence-corrected chi connectivity index (χ2v) is 4.80. The van der Waals surface area contributed by atoms with Gasteiger partial charge in [-0.2, -0.15) is 5.26 Å². The summed E-state index contributed by atoms with van der Waals surface area (Å²) in [4.78, 5) is 3.99. The number of hydrogen-bond donors (Lipinski definition) is 1. The molecule has 1 aromatic carbocycles. The van der Waals surface area contributed by atoms with Crippen molar-refractivity contribution in [3.05, 3.63) is 59.4 Å². The zero-order valence-electron chi connectivity index (χ0n) is 11.6. The van der Waals surface area contributed by atoms with Crippen LogP contribution in [0.3, 0.4) is 0 Å². The smallest absolute Gasteiger partial charge is 0.140 e. The van der Waals surface area contributed by atoms with E-state index < -0.39 is 0 Å². The number of pyridine rings is 1. The van der Waals surface area contributed by atoms with Gasteiger partial charge in [0.15, 0.2) is 0 Å². The van der Waals surface area contributed by atoms with Crippen LogP contribution in [-0.4, -0.2) is 11.0 Å². The van der Waals surface area contributed by atoms with Crippen molar-refractivity contribution in [3.63, 3.8) is 0 Å². The summed E-state index contributed by atoms with van der Waals surface area (Å²) in [6.07, 6.45) is 1.30. The van der Waals surface area contributed by atoms with Gasteiger partial charge in [-0.15, -0.1) is 0 Å². The third kappa shape index (κ3) is 3.34. The topological polar surface area (TPSA) is 71.9 Å². The highest BCUT2D eigenvalue weighted by atomic mass is 16.5. The third-order valence-electron chi connectivity index (χ3n) is 3.00. The predicted molar refractivity (Wildman–Crippen MR) is 77.1 cm³/mol. The third-order valence-corrected chi connectivity index (χ3v) is 3.00. The van der Waals surface area contributed by atoms with Gasteiger partial charge in [-0.05, 0) is 31.5 Å². The summed E-state index contributed by atoms with van der Waals surface area (Å²) in [5.41, 5.74) is 8.59. The number of nitriles is 1. The fraction of sp³-hybridized carbons (Fsp3) is 0.250. The van der Waals surface area contributed by atoms with Crippen molar-refractivity contribution in [1.29, 1.82) is 5.26 Å². The molecule has 0 saturated heterocycles. The number of ether oxygens (including phenoxy) is 1. The Kier molecular flexibility index (Phi) is 4.34. The van der Waals surface area contributed by atoms with Gasteiger partial charge in [0, 0.05) is 6.04 Å². The van der Waals surface area contributed by atoms with Crippen molar-refractivity contribution in [1.82, 2.24) is 4.98 Å². The summed E-state index contributed by atoms with van der Waals surface area (Å²) in [5, 5.41) is 8.73. The van der Waals surface area contributed by atoms with Crippen LogP contribution in [0.15, 0.2) is 42.6 Å². The second kappa shape index (κ2) is 6.18. The number of hydrogen-bond acceptors (Lipinski definition) is 4. The lowest BCUT2D eigenvalue weighted by atomic mass is 10.0. The highest BCUT2D eigenvalue weighted by molar-refractivity contribution is 5.29. The van der Waals surface area contributed by atoms with Crippen LogP contribution in [0.25, 0.3) is 0 Å². The van der Waals surface area contributed by atoms with E-state index in [4.69, 9.17) is 15.7 Å². The van der Waals surface area contributed by atoms with Crippen molar-refractivity contribution in [2.24, 2.45) is 5.73 Å². The molecule has 1 heterocycles. The Morgan fingerprint density at radius 2 is 1.90 bits per heavy atom. The summed E-state index contributed by atoms with van der Waals surface area (Å²) in [6.45, 7) is 3.94. The highest BCUT2D eigenvalue weighted by Gasteiger charge is 2.18. The maximum absolute atomic E-state index is 8.73. The second-order valence-electron chi connectivity index (χ2n) is 4.80. The maximum atomic E-state index is 8.73. The first-order valence-electron chi connectivity index (χ1n) is 6.45. The molecular formula is C16H17N3O. The van der Waals surface area contributed by atoms with E-state index in [0.29, 0.717) is 11.4 Å². The van der Waals surface area contributed by atoms with Gasteiger partial charge >= 0.3 is 0 Å². The monoisotopic (exact) mass is 267 g/mol. The van der Waals surface area contributed by atoms with Gasteiger partial charge < -0.3 is 10.5 Å². The number of aromatic nitrogens is 1. The van der Waals surface area contributed by atoms with Crippen LogP contribution in [-0.2, 0) is 0 Å². The van der Waals surface area contributed by atoms with E-state index in [2.05, 4.69) is 4.98 Å². The van der Waals surface area contributed by atoms with Crippen LogP contribution >= 0.6 is 0 Å². The minimum atomic E-state index is -0.245. The van der Waals surface area contributed by atoms with E-state index in [1.54, 1.807) is 18.3 Å². The average Bonchev–Trinajstić information content (AvgIpc) is 2.46. The Hall–Kier alpha value is -2.38. The molecule has 0 radical (unpaired) electrons. The average molecular weight is 267 g/mol. The van der Waals surface area contributed by atoms with Gasteiger partial charge in [0.25, 0.3) is 0 Å². The number of rotatable bonds is 4. The van der Waals surface area contributed by atoms with Gasteiger partial charge in [-0.25, -0.2) is 4.98 Å². The molecule has 1 aromatic heterocycles. The van der Waals surface area contributed by atoms with Crippen LogP contribution in [0.2, 0.25) is 0 Å². The first kappa shape index (κ1) is 14.0. The van der Waals surface area contributed by atoms with Crippen molar-refractivity contribution in [2.75, 3.05) is 0 Å². The number of benzene rings is 1. The van der Waals surface area contributed by atoms with Gasteiger partial charge in [-0.3, -0.25) is 0 Å². The van der Waals surface area contributed by atoms with Crippen molar-refractivity contribution >= 4 is 0 Å². The molecule has 0 aliphatic rings. The molecule has 0 amide bonds. The minimum Gasteiger partial charge on any atom is -0.482 e. The fourth-order valence-electron chi connectivity index (χ4n) is 1.90. The molecule has 0 aliphatic carbocycles. The summed E-state index contributed by atoms with van der Waals surface area (Å²) in [6, 6.07) is 13.3. The molecule has 102 valence electrons. The lowest BCUT2D eigenvalue weighted by Gasteiger charge is -2.23. The van der Waals surface area contributed by atoms with Crippen LogP contribution in [0.1, 0.15) is 29.8 Å². The molecule has 2 atom stereocenters. The maximum Gasteiger partial charge on any atom is 0.140 e. The minimum absolute atomic E-state index is 0.159. The van der Waals surface area contributed by atoms with E-state index in [1.807, 2.05) is 44.2 Å². The molecule has 0 saturated carbocycles. The molecule has 2 rings (SSSR count). The molecule has 4 nitrogen and oxygen atoms in total. The molecule has 20 heavy (non-hydrogen) atoms. The molecule has 0 bridgehead atoms. The van der Waals surface area contributed by atoms with Gasteiger partial charge in [0.2, 0.25) is 0 Å². The SMILES string of the molecule is Cc1ccc([C@@H](Oc2ccc(C#N)nc2)[C@H](C)N)cc1. The highest BCUT2D eigenvalue weighted by Crippen LogP contribution is 2.24. The molecule has 0 aliphatic heterocycles. The first-order chi connectivity index (χ1) is 9.60. The van der Waals surface area contributed by atoms with Gasteiger partial charge in [-0.1, -0.05) is 29.8 Å². The molecule has 2 aromatic rings. The molecule has 0 fully saturated rings. The summed E-state index contributed by atoms with van der Waals surface area (Å²) in [5.74, 6) is 0.604. The zero-order chi connectivity index (χ0) is 14.5. The van der Waals surface area contributed by atoms with Crippen molar-refractivity contribution in [3.8, 4) is 11.8 Å². The van der Waals surface area contributed by atoms with Gasteiger partial charge in [0.1, 0.15) is 23.6 Å². The fourth-order valence-corrected chi connectivity index (χ4v) is 1.90. The quantitative estimate of drug-likeness (QED) is 0.924. The van der Waals surface area contributed by atoms with E-state index in [9.17, 15) is 0 Å². The predicted octanol–water partition coefficient (Wildman–Crippen LogP) is 2.73. The molecule has 2 N–H and O–H groups in total. The van der Waals surface area contributed by atoms with Crippen LogP contribution in [0.5, 0.6) is 5.75 Å². The Morgan fingerprint density at radius 1 is 1.20 bits per heavy atom. The first-order valence-corrected chi connectivity index (χ1v) is 6.45. The summed E-state index contributed by atoms with van der Waals surface area (Å²) >= 11 is 0. The lowest BCUT2D eigenvalue weighted by molar-refractivity contribution is 0.180. The van der Waals surface area contributed by atoms with E-state index in [-0.39, 0.29) is 12.1 Å². The molecular weight excluding hydrogens is 250 g/mol. The lowest BCUT2D eigenvalue weighted by Crippen LogP contribution is -2.29. The number of nitrogens with zero attached hydrogens (tertiary/aromatic N) is 2. The molecule has 4 heteroatoms. The Bertz CT molecular complexity index is 597. The van der Waals surface area contributed by atoms with Crippen LogP contribution < -0.4 is 10.5 Å². The molecule has 0 spiro atoms. The normalized spacial score (nSPS) is 13.3. The van der Waals surface area contributed by atoms with Crippen molar-refractivity contribution < 1.29 is 4.74 Å². The largest absolute Gasteiger partial charge is 0.482 e. The number of nitrogens with two attached hydrogens (primary N) is 1. The Balaban J connectivity index is 2.21. The van der Waals surface area contributed by atoms with Crippen LogP contribution in [0, 0.1) is 18.3 Å². The van der Waals surface area contributed by atoms with E-state index >= 15 is 0 Å². The Labute approximate surface area is 118 Å². The van der Waals surface area contributed by atoms with Crippen molar-refractivity contribution in [2.45, 2.75) is 26.0 Å².